The second-order valence-electron chi connectivity index (χ2n) is 6.36. The van der Waals surface area contributed by atoms with Crippen LogP contribution in [0, 0.1) is 0 Å². The third kappa shape index (κ3) is 9.64. The fourth-order valence-corrected chi connectivity index (χ4v) is 2.56. The van der Waals surface area contributed by atoms with Gasteiger partial charge in [0.05, 0.1) is 19.3 Å². The first-order chi connectivity index (χ1) is 14.5. The average Bonchev–Trinajstić information content (AvgIpc) is 2.74. The van der Waals surface area contributed by atoms with Crippen molar-refractivity contribution in [2.24, 2.45) is 4.99 Å². The number of pyridine rings is 1. The smallest absolute Gasteiger partial charge is 0.387 e. The number of nitrogens with zero attached hydrogens (tertiary/aromatic N) is 2. The molecule has 0 spiro atoms. The van der Waals surface area contributed by atoms with Gasteiger partial charge in [0.25, 0.3) is 0 Å². The molecular weight excluding hydrogens is 521 g/mol. The first kappa shape index (κ1) is 26.8. The number of aromatic nitrogens is 1. The van der Waals surface area contributed by atoms with Crippen molar-refractivity contribution in [1.82, 2.24) is 15.6 Å². The van der Waals surface area contributed by atoms with E-state index in [0.29, 0.717) is 37.1 Å². The molecule has 0 saturated carbocycles. The molecule has 2 aromatic rings. The van der Waals surface area contributed by atoms with Crippen molar-refractivity contribution in [2.45, 2.75) is 39.5 Å². The van der Waals surface area contributed by atoms with Crippen molar-refractivity contribution in [2.75, 3.05) is 19.7 Å². The fourth-order valence-electron chi connectivity index (χ4n) is 2.56. The van der Waals surface area contributed by atoms with E-state index in [1.807, 2.05) is 26.0 Å². The van der Waals surface area contributed by atoms with E-state index < -0.39 is 12.7 Å². The third-order valence-electron chi connectivity index (χ3n) is 4.00. The summed E-state index contributed by atoms with van der Waals surface area (Å²) in [5.74, 6) is 1.13. The number of aliphatic imine (C=N–C) groups is 1. The maximum atomic E-state index is 12.2. The molecule has 0 radical (unpaired) electrons. The van der Waals surface area contributed by atoms with Crippen molar-refractivity contribution in [3.05, 3.63) is 53.7 Å². The lowest BCUT2D eigenvalue weighted by Gasteiger charge is -2.16. The van der Waals surface area contributed by atoms with Gasteiger partial charge in [-0.3, -0.25) is 0 Å². The van der Waals surface area contributed by atoms with Crippen LogP contribution in [0.25, 0.3) is 0 Å². The number of rotatable bonds is 11. The van der Waals surface area contributed by atoms with E-state index in [9.17, 15) is 13.9 Å². The van der Waals surface area contributed by atoms with E-state index in [4.69, 9.17) is 4.74 Å². The third-order valence-corrected chi connectivity index (χ3v) is 4.00. The average molecular weight is 550 g/mol. The van der Waals surface area contributed by atoms with E-state index >= 15 is 0 Å². The Morgan fingerprint density at radius 1 is 1.16 bits per heavy atom. The van der Waals surface area contributed by atoms with Gasteiger partial charge in [-0.2, -0.15) is 8.78 Å². The summed E-state index contributed by atoms with van der Waals surface area (Å²) in [4.78, 5) is 8.77. The van der Waals surface area contributed by atoms with Crippen LogP contribution in [0.15, 0.2) is 47.6 Å². The maximum absolute atomic E-state index is 12.2. The summed E-state index contributed by atoms with van der Waals surface area (Å²) >= 11 is 0. The van der Waals surface area contributed by atoms with Crippen LogP contribution < -0.4 is 20.1 Å². The predicted octanol–water partition coefficient (Wildman–Crippen LogP) is 3.88. The molecule has 0 bridgehead atoms. The molecule has 0 fully saturated rings. The minimum Gasteiger partial charge on any atom is -0.477 e. The number of hydrogen-bond donors (Lipinski definition) is 3. The molecule has 7 nitrogen and oxygen atoms in total. The van der Waals surface area contributed by atoms with Crippen molar-refractivity contribution >= 4 is 29.9 Å². The molecule has 0 saturated heterocycles. The fraction of sp³-hybridized carbons (Fsp3) is 0.429. The molecule has 2 rings (SSSR count). The number of guanidine groups is 1. The maximum Gasteiger partial charge on any atom is 0.387 e. The zero-order chi connectivity index (χ0) is 21.8. The highest BCUT2D eigenvalue weighted by Crippen LogP contribution is 2.19. The number of halogens is 3. The van der Waals surface area contributed by atoms with Crippen LogP contribution >= 0.6 is 24.0 Å². The Labute approximate surface area is 198 Å². The Morgan fingerprint density at radius 2 is 1.90 bits per heavy atom. The Bertz CT molecular complexity index is 794. The van der Waals surface area contributed by atoms with Crippen LogP contribution in [0.3, 0.4) is 0 Å². The number of aliphatic hydroxyl groups is 1. The molecule has 3 N–H and O–H groups in total. The highest BCUT2D eigenvalue weighted by Gasteiger charge is 2.11. The van der Waals surface area contributed by atoms with Crippen molar-refractivity contribution in [1.29, 1.82) is 0 Å². The number of ether oxygens (including phenoxy) is 2. The Kier molecular flexibility index (Phi) is 12.8. The van der Waals surface area contributed by atoms with Gasteiger partial charge < -0.3 is 25.2 Å². The molecule has 10 heteroatoms. The van der Waals surface area contributed by atoms with E-state index in [0.717, 1.165) is 12.0 Å². The summed E-state index contributed by atoms with van der Waals surface area (Å²) in [5, 5.41) is 16.6. The zero-order valence-corrected chi connectivity index (χ0v) is 19.9. The van der Waals surface area contributed by atoms with Crippen LogP contribution in [0.4, 0.5) is 8.78 Å². The Hall–Kier alpha value is -2.21. The van der Waals surface area contributed by atoms with Crippen molar-refractivity contribution in [3.63, 3.8) is 0 Å². The largest absolute Gasteiger partial charge is 0.477 e. The van der Waals surface area contributed by atoms with Crippen LogP contribution in [-0.4, -0.2) is 42.4 Å². The predicted molar refractivity (Wildman–Crippen MR) is 126 cm³/mol. The number of hydrogen-bond acceptors (Lipinski definition) is 5. The van der Waals surface area contributed by atoms with Gasteiger partial charge in [-0.15, -0.1) is 24.0 Å². The summed E-state index contributed by atoms with van der Waals surface area (Å²) in [7, 11) is 0. The zero-order valence-electron chi connectivity index (χ0n) is 17.6. The number of aliphatic hydroxyl groups excluding tert-OH is 1. The summed E-state index contributed by atoms with van der Waals surface area (Å²) < 4.78 is 34.4. The first-order valence-electron chi connectivity index (χ1n) is 9.85. The lowest BCUT2D eigenvalue weighted by atomic mass is 10.1. The SMILES string of the molecule is CCCOc1ncccc1CN=C(NCC)NCC(O)c1ccc(OC(F)F)cc1.I. The van der Waals surface area contributed by atoms with Gasteiger partial charge in [-0.05, 0) is 37.1 Å². The van der Waals surface area contributed by atoms with Gasteiger partial charge in [0.1, 0.15) is 5.75 Å². The molecule has 0 aliphatic carbocycles. The van der Waals surface area contributed by atoms with Crippen LogP contribution in [0.2, 0.25) is 0 Å². The second kappa shape index (κ2) is 14.7. The van der Waals surface area contributed by atoms with Gasteiger partial charge >= 0.3 is 6.61 Å². The van der Waals surface area contributed by atoms with E-state index in [-0.39, 0.29) is 36.3 Å². The highest BCUT2D eigenvalue weighted by molar-refractivity contribution is 14.0. The topological polar surface area (TPSA) is 88.0 Å². The van der Waals surface area contributed by atoms with Crippen LogP contribution in [0.5, 0.6) is 11.6 Å². The Balaban J connectivity index is 0.00000480. The van der Waals surface area contributed by atoms with E-state index in [1.165, 1.54) is 12.1 Å². The van der Waals surface area contributed by atoms with Crippen LogP contribution in [0.1, 0.15) is 37.5 Å². The van der Waals surface area contributed by atoms with E-state index in [2.05, 4.69) is 25.3 Å². The summed E-state index contributed by atoms with van der Waals surface area (Å²) in [6.07, 6.45) is 1.71. The molecule has 172 valence electrons. The first-order valence-corrected chi connectivity index (χ1v) is 9.85. The lowest BCUT2D eigenvalue weighted by Crippen LogP contribution is -2.39. The summed E-state index contributed by atoms with van der Waals surface area (Å²) in [5.41, 5.74) is 1.43. The number of nitrogens with one attached hydrogen (secondary N) is 2. The van der Waals surface area contributed by atoms with Gasteiger partial charge in [-0.25, -0.2) is 9.98 Å². The molecule has 1 atom stereocenters. The summed E-state index contributed by atoms with van der Waals surface area (Å²) in [6, 6.07) is 9.61. The summed E-state index contributed by atoms with van der Waals surface area (Å²) in [6.45, 7) is 2.86. The molecule has 1 aromatic heterocycles. The van der Waals surface area contributed by atoms with E-state index in [1.54, 1.807) is 18.3 Å². The van der Waals surface area contributed by atoms with Gasteiger partial charge in [0.15, 0.2) is 5.96 Å². The van der Waals surface area contributed by atoms with Gasteiger partial charge in [0, 0.05) is 24.8 Å². The molecule has 0 amide bonds. The number of alkyl halides is 2. The molecule has 31 heavy (non-hydrogen) atoms. The van der Waals surface area contributed by atoms with Crippen LogP contribution in [-0.2, 0) is 6.54 Å². The highest BCUT2D eigenvalue weighted by atomic mass is 127. The standard InChI is InChI=1S/C21H28F2N4O3.HI/c1-3-12-29-19-16(6-5-11-25-19)13-26-21(24-4-2)27-14-18(28)15-7-9-17(10-8-15)30-20(22)23;/h5-11,18,20,28H,3-4,12-14H2,1-2H3,(H2,24,26,27);1H. The lowest BCUT2D eigenvalue weighted by molar-refractivity contribution is -0.0498. The second-order valence-corrected chi connectivity index (χ2v) is 6.36. The quantitative estimate of drug-likeness (QED) is 0.224. The Morgan fingerprint density at radius 3 is 2.55 bits per heavy atom. The minimum atomic E-state index is -2.88. The van der Waals surface area contributed by atoms with Gasteiger partial charge in [-0.1, -0.05) is 25.1 Å². The molecule has 0 aliphatic rings. The molecular formula is C21H29F2IN4O3. The molecule has 0 aliphatic heterocycles. The van der Waals surface area contributed by atoms with Gasteiger partial charge in [0.2, 0.25) is 5.88 Å². The molecule has 1 heterocycles. The molecule has 1 unspecified atom stereocenters. The van der Waals surface area contributed by atoms with Crippen molar-refractivity contribution in [3.8, 4) is 11.6 Å². The molecule has 1 aromatic carbocycles. The minimum absolute atomic E-state index is 0. The monoisotopic (exact) mass is 550 g/mol. The normalized spacial score (nSPS) is 12.1. The van der Waals surface area contributed by atoms with Crippen molar-refractivity contribution < 1.29 is 23.4 Å². The number of benzene rings is 1.